The van der Waals surface area contributed by atoms with Crippen LogP contribution >= 0.6 is 15.9 Å². The molecule has 1 unspecified atom stereocenters. The zero-order valence-corrected chi connectivity index (χ0v) is 24.1. The number of hydrogen-bond donors (Lipinski definition) is 1. The van der Waals surface area contributed by atoms with E-state index < -0.39 is 0 Å². The highest BCUT2D eigenvalue weighted by Crippen LogP contribution is 2.27. The summed E-state index contributed by atoms with van der Waals surface area (Å²) in [5, 5.41) is 15.5. The van der Waals surface area contributed by atoms with E-state index in [4.69, 9.17) is 0 Å². The second kappa shape index (κ2) is 10.4. The van der Waals surface area contributed by atoms with Crippen LogP contribution in [0.15, 0.2) is 45.8 Å². The van der Waals surface area contributed by atoms with Gasteiger partial charge in [-0.2, -0.15) is 5.10 Å². The zero-order valence-electron chi connectivity index (χ0n) is 22.5. The molecular weight excluding hydrogens is 562 g/mol. The van der Waals surface area contributed by atoms with E-state index in [1.54, 1.807) is 27.7 Å². The molecule has 3 aromatic heterocycles. The standard InChI is InChI=1S/C28H30BrN7O3/c1-15(2)10-19-13-31-36-23-14-34(27(38)18-6-7-21(29)16(3)11-18)17(4)12-20(23)28(39)35(26(19)36)24-9-8-22(32-33-24)25(37)30-5/h6-9,11,13,15,17H,10,12,14H2,1-5H3,(H,30,37). The number of hydrogen-bond acceptors (Lipinski definition) is 6. The first-order chi connectivity index (χ1) is 18.6. The SMILES string of the molecule is CNC(=O)c1ccc(-n2c(=O)c3c(n4ncc(CC(C)C)c24)CN(C(=O)c2ccc(Br)c(C)c2)C(C)C3)nn1. The summed E-state index contributed by atoms with van der Waals surface area (Å²) < 4.78 is 4.24. The van der Waals surface area contributed by atoms with Gasteiger partial charge in [-0.05, 0) is 68.5 Å². The maximum atomic E-state index is 14.1. The van der Waals surface area contributed by atoms with E-state index in [-0.39, 0.29) is 35.7 Å². The molecule has 4 heterocycles. The van der Waals surface area contributed by atoms with Crippen molar-refractivity contribution in [3.8, 4) is 5.82 Å². The van der Waals surface area contributed by atoms with Crippen LogP contribution in [0.1, 0.15) is 64.0 Å². The minimum Gasteiger partial charge on any atom is -0.354 e. The van der Waals surface area contributed by atoms with Gasteiger partial charge in [0.2, 0.25) is 0 Å². The van der Waals surface area contributed by atoms with Crippen LogP contribution in [-0.2, 0) is 19.4 Å². The molecule has 1 atom stereocenters. The summed E-state index contributed by atoms with van der Waals surface area (Å²) in [6, 6.07) is 8.52. The van der Waals surface area contributed by atoms with Crippen LogP contribution in [0.4, 0.5) is 0 Å². The van der Waals surface area contributed by atoms with Gasteiger partial charge >= 0.3 is 0 Å². The average Bonchev–Trinajstić information content (AvgIpc) is 3.32. The number of carbonyl (C=O) groups is 2. The van der Waals surface area contributed by atoms with Gasteiger partial charge in [-0.1, -0.05) is 29.8 Å². The maximum absolute atomic E-state index is 14.1. The van der Waals surface area contributed by atoms with E-state index in [0.717, 1.165) is 15.6 Å². The first-order valence-electron chi connectivity index (χ1n) is 12.9. The summed E-state index contributed by atoms with van der Waals surface area (Å²) in [5.41, 5.74) is 4.28. The molecule has 0 aliphatic carbocycles. The molecular formula is C28H30BrN7O3. The third kappa shape index (κ3) is 4.75. The summed E-state index contributed by atoms with van der Waals surface area (Å²) in [5.74, 6) is 0.174. The molecule has 1 aromatic carbocycles. The zero-order chi connectivity index (χ0) is 28.0. The van der Waals surface area contributed by atoms with Crippen molar-refractivity contribution in [2.45, 2.75) is 53.1 Å². The Morgan fingerprint density at radius 2 is 1.95 bits per heavy atom. The molecule has 4 aromatic rings. The second-order valence-corrected chi connectivity index (χ2v) is 11.2. The lowest BCUT2D eigenvalue weighted by molar-refractivity contribution is 0.0651. The topological polar surface area (TPSA) is 114 Å². The molecule has 2 amide bonds. The van der Waals surface area contributed by atoms with Crippen LogP contribution in [0.5, 0.6) is 0 Å². The van der Waals surface area contributed by atoms with Crippen LogP contribution in [-0.4, -0.2) is 54.2 Å². The molecule has 0 bridgehead atoms. The fourth-order valence-electron chi connectivity index (χ4n) is 5.09. The number of nitrogens with zero attached hydrogens (tertiary/aromatic N) is 6. The molecule has 1 aliphatic heterocycles. The van der Waals surface area contributed by atoms with Gasteiger partial charge in [-0.3, -0.25) is 14.4 Å². The number of rotatable bonds is 5. The fourth-order valence-corrected chi connectivity index (χ4v) is 5.34. The molecule has 1 aliphatic rings. The highest BCUT2D eigenvalue weighted by Gasteiger charge is 2.33. The Kier molecular flexibility index (Phi) is 7.11. The number of aryl methyl sites for hydroxylation is 1. The van der Waals surface area contributed by atoms with E-state index in [1.165, 1.54) is 11.6 Å². The monoisotopic (exact) mass is 591 g/mol. The number of benzene rings is 1. The number of fused-ring (bicyclic) bond motifs is 3. The van der Waals surface area contributed by atoms with Gasteiger partial charge in [-0.25, -0.2) is 9.08 Å². The highest BCUT2D eigenvalue weighted by molar-refractivity contribution is 9.10. The molecule has 11 heteroatoms. The predicted molar refractivity (Wildman–Crippen MR) is 150 cm³/mol. The van der Waals surface area contributed by atoms with Crippen molar-refractivity contribution in [1.29, 1.82) is 0 Å². The Bertz CT molecular complexity index is 1660. The molecule has 0 saturated heterocycles. The maximum Gasteiger partial charge on any atom is 0.271 e. The summed E-state index contributed by atoms with van der Waals surface area (Å²) in [6.45, 7) is 8.36. The van der Waals surface area contributed by atoms with Crippen molar-refractivity contribution >= 4 is 33.4 Å². The van der Waals surface area contributed by atoms with Crippen LogP contribution in [0, 0.1) is 12.8 Å². The van der Waals surface area contributed by atoms with Crippen molar-refractivity contribution < 1.29 is 9.59 Å². The lowest BCUT2D eigenvalue weighted by atomic mass is 9.98. The molecule has 1 N–H and O–H groups in total. The fraction of sp³-hybridized carbons (Fsp3) is 0.357. The van der Waals surface area contributed by atoms with Crippen molar-refractivity contribution in [1.82, 2.24) is 34.6 Å². The third-order valence-corrected chi connectivity index (χ3v) is 7.97. The highest BCUT2D eigenvalue weighted by atomic mass is 79.9. The molecule has 0 spiro atoms. The van der Waals surface area contributed by atoms with Gasteiger partial charge in [0.25, 0.3) is 17.4 Å². The van der Waals surface area contributed by atoms with Crippen LogP contribution in [0.2, 0.25) is 0 Å². The summed E-state index contributed by atoms with van der Waals surface area (Å²) in [6.07, 6.45) is 2.84. The first kappa shape index (κ1) is 26.7. The number of halogens is 1. The third-order valence-electron chi connectivity index (χ3n) is 7.08. The molecule has 0 radical (unpaired) electrons. The summed E-state index contributed by atoms with van der Waals surface area (Å²) >= 11 is 3.50. The predicted octanol–water partition coefficient (Wildman–Crippen LogP) is 3.49. The largest absolute Gasteiger partial charge is 0.354 e. The minimum absolute atomic E-state index is 0.0914. The van der Waals surface area contributed by atoms with Crippen LogP contribution in [0.3, 0.4) is 0 Å². The van der Waals surface area contributed by atoms with E-state index in [0.29, 0.717) is 47.0 Å². The van der Waals surface area contributed by atoms with Crippen molar-refractivity contribution in [2.75, 3.05) is 7.05 Å². The molecule has 0 saturated carbocycles. The second-order valence-electron chi connectivity index (χ2n) is 10.4. The molecule has 0 fully saturated rings. The Labute approximate surface area is 234 Å². The van der Waals surface area contributed by atoms with Crippen LogP contribution in [0.25, 0.3) is 11.5 Å². The van der Waals surface area contributed by atoms with Gasteiger partial charge in [-0.15, -0.1) is 10.2 Å². The Hall–Kier alpha value is -3.86. The van der Waals surface area contributed by atoms with Crippen molar-refractivity contribution in [3.05, 3.63) is 85.0 Å². The molecule has 10 nitrogen and oxygen atoms in total. The van der Waals surface area contributed by atoms with E-state index in [1.807, 2.05) is 32.0 Å². The van der Waals surface area contributed by atoms with E-state index in [2.05, 4.69) is 50.4 Å². The molecule has 202 valence electrons. The molecule has 39 heavy (non-hydrogen) atoms. The number of carbonyl (C=O) groups excluding carboxylic acids is 2. The van der Waals surface area contributed by atoms with E-state index in [9.17, 15) is 14.4 Å². The van der Waals surface area contributed by atoms with Crippen molar-refractivity contribution in [3.63, 3.8) is 0 Å². The van der Waals surface area contributed by atoms with Gasteiger partial charge in [0.05, 0.1) is 18.4 Å². The van der Waals surface area contributed by atoms with Gasteiger partial charge < -0.3 is 10.2 Å². The normalized spacial score (nSPS) is 15.1. The first-order valence-corrected chi connectivity index (χ1v) is 13.7. The summed E-state index contributed by atoms with van der Waals surface area (Å²) in [4.78, 5) is 41.5. The average molecular weight is 592 g/mol. The Balaban J connectivity index is 1.66. The lowest BCUT2D eigenvalue weighted by Gasteiger charge is -2.35. The molecule has 5 rings (SSSR count). The van der Waals surface area contributed by atoms with Gasteiger partial charge in [0.15, 0.2) is 11.5 Å². The number of nitrogens with one attached hydrogen (secondary N) is 1. The van der Waals surface area contributed by atoms with E-state index >= 15 is 0 Å². The lowest BCUT2D eigenvalue weighted by Crippen LogP contribution is -2.46. The van der Waals surface area contributed by atoms with Gasteiger partial charge in [0.1, 0.15) is 5.65 Å². The van der Waals surface area contributed by atoms with Crippen LogP contribution < -0.4 is 10.9 Å². The quantitative estimate of drug-likeness (QED) is 0.380. The van der Waals surface area contributed by atoms with Gasteiger partial charge in [0, 0.05) is 34.3 Å². The summed E-state index contributed by atoms with van der Waals surface area (Å²) in [7, 11) is 1.52. The Morgan fingerprint density at radius 1 is 1.18 bits per heavy atom. The minimum atomic E-state index is -0.360. The number of aromatic nitrogens is 5. The Morgan fingerprint density at radius 3 is 2.59 bits per heavy atom. The van der Waals surface area contributed by atoms with Crippen molar-refractivity contribution in [2.24, 2.45) is 5.92 Å². The smallest absolute Gasteiger partial charge is 0.271 e. The number of amides is 2.